The van der Waals surface area contributed by atoms with Crippen LogP contribution in [0.1, 0.15) is 20.8 Å². The number of benzene rings is 1. The van der Waals surface area contributed by atoms with Crippen LogP contribution in [0.5, 0.6) is 5.75 Å². The normalized spacial score (nSPS) is 11.2. The van der Waals surface area contributed by atoms with E-state index >= 15 is 0 Å². The van der Waals surface area contributed by atoms with Gasteiger partial charge in [0.15, 0.2) is 5.16 Å². The van der Waals surface area contributed by atoms with Gasteiger partial charge in [0, 0.05) is 12.0 Å². The number of thioether (sulfide) groups is 1. The SMILES string of the molecule is CCOc1ccc2nc(SCC(=O)C(C)C)[nH]c2c1. The van der Waals surface area contributed by atoms with Crippen molar-refractivity contribution in [2.75, 3.05) is 12.4 Å². The highest BCUT2D eigenvalue weighted by Gasteiger charge is 2.10. The number of H-pyrrole nitrogens is 1. The van der Waals surface area contributed by atoms with Gasteiger partial charge in [-0.2, -0.15) is 0 Å². The first-order valence-corrected chi connectivity index (χ1v) is 7.36. The molecule has 0 aliphatic heterocycles. The van der Waals surface area contributed by atoms with E-state index in [1.54, 1.807) is 0 Å². The molecule has 1 N–H and O–H groups in total. The van der Waals surface area contributed by atoms with E-state index in [-0.39, 0.29) is 11.7 Å². The first kappa shape index (κ1) is 13.9. The van der Waals surface area contributed by atoms with E-state index in [4.69, 9.17) is 4.74 Å². The Morgan fingerprint density at radius 1 is 1.47 bits per heavy atom. The van der Waals surface area contributed by atoms with Crippen molar-refractivity contribution < 1.29 is 9.53 Å². The number of aromatic amines is 1. The minimum absolute atomic E-state index is 0.0708. The fraction of sp³-hybridized carbons (Fsp3) is 0.429. The van der Waals surface area contributed by atoms with Gasteiger partial charge >= 0.3 is 0 Å². The van der Waals surface area contributed by atoms with Gasteiger partial charge in [-0.25, -0.2) is 4.98 Å². The minimum atomic E-state index is 0.0708. The molecule has 0 saturated carbocycles. The zero-order chi connectivity index (χ0) is 13.8. The number of hydrogen-bond donors (Lipinski definition) is 1. The smallest absolute Gasteiger partial charge is 0.166 e. The number of ketones is 1. The van der Waals surface area contributed by atoms with Crippen LogP contribution in [0.2, 0.25) is 0 Å². The molecule has 2 rings (SSSR count). The lowest BCUT2D eigenvalue weighted by Gasteiger charge is -2.01. The number of carbonyl (C=O) groups excluding carboxylic acids is 1. The summed E-state index contributed by atoms with van der Waals surface area (Å²) in [5.74, 6) is 1.59. The molecule has 0 fully saturated rings. The zero-order valence-electron chi connectivity index (χ0n) is 11.4. The van der Waals surface area contributed by atoms with Crippen LogP contribution in [0.15, 0.2) is 23.4 Å². The predicted octanol–water partition coefficient (Wildman–Crippen LogP) is 3.28. The van der Waals surface area contributed by atoms with Gasteiger partial charge in [-0.05, 0) is 19.1 Å². The number of rotatable bonds is 6. The third kappa shape index (κ3) is 3.50. The zero-order valence-corrected chi connectivity index (χ0v) is 12.2. The standard InChI is InChI=1S/C14H18N2O2S/c1-4-18-10-5-6-11-12(7-10)16-14(15-11)19-8-13(17)9(2)3/h5-7,9H,4,8H2,1-3H3,(H,15,16). The third-order valence-corrected chi connectivity index (χ3v) is 3.63. The van der Waals surface area contributed by atoms with Gasteiger partial charge in [0.2, 0.25) is 0 Å². The lowest BCUT2D eigenvalue weighted by molar-refractivity contribution is -0.119. The molecule has 0 aliphatic carbocycles. The number of aromatic nitrogens is 2. The highest BCUT2D eigenvalue weighted by molar-refractivity contribution is 7.99. The number of fused-ring (bicyclic) bond motifs is 1. The quantitative estimate of drug-likeness (QED) is 0.824. The second-order valence-electron chi connectivity index (χ2n) is 4.56. The van der Waals surface area contributed by atoms with Crippen molar-refractivity contribution in [2.24, 2.45) is 5.92 Å². The highest BCUT2D eigenvalue weighted by Crippen LogP contribution is 2.23. The fourth-order valence-electron chi connectivity index (χ4n) is 1.60. The summed E-state index contributed by atoms with van der Waals surface area (Å²) in [5, 5.41) is 0.776. The lowest BCUT2D eigenvalue weighted by atomic mass is 10.1. The summed E-state index contributed by atoms with van der Waals surface area (Å²) in [6, 6.07) is 5.76. The summed E-state index contributed by atoms with van der Waals surface area (Å²) < 4.78 is 5.44. The van der Waals surface area contributed by atoms with Gasteiger partial charge in [-0.1, -0.05) is 25.6 Å². The summed E-state index contributed by atoms with van der Waals surface area (Å²) in [4.78, 5) is 19.2. The Kier molecular flexibility index (Phi) is 4.47. The van der Waals surface area contributed by atoms with E-state index in [9.17, 15) is 4.79 Å². The Balaban J connectivity index is 2.10. The second-order valence-corrected chi connectivity index (χ2v) is 5.53. The second kappa shape index (κ2) is 6.10. The minimum Gasteiger partial charge on any atom is -0.494 e. The summed E-state index contributed by atoms with van der Waals surface area (Å²) in [6.07, 6.45) is 0. The van der Waals surface area contributed by atoms with Crippen molar-refractivity contribution in [3.63, 3.8) is 0 Å². The number of imidazole rings is 1. The predicted molar refractivity (Wildman–Crippen MR) is 77.8 cm³/mol. The van der Waals surface area contributed by atoms with E-state index in [0.29, 0.717) is 12.4 Å². The molecule has 0 amide bonds. The van der Waals surface area contributed by atoms with Crippen LogP contribution in [-0.2, 0) is 4.79 Å². The van der Waals surface area contributed by atoms with Crippen LogP contribution in [0.4, 0.5) is 0 Å². The molecule has 0 radical (unpaired) electrons. The summed E-state index contributed by atoms with van der Waals surface area (Å²) in [6.45, 7) is 6.42. The van der Waals surface area contributed by atoms with E-state index in [1.807, 2.05) is 39.0 Å². The molecule has 0 bridgehead atoms. The van der Waals surface area contributed by atoms with E-state index < -0.39 is 0 Å². The number of ether oxygens (including phenoxy) is 1. The summed E-state index contributed by atoms with van der Waals surface area (Å²) >= 11 is 1.44. The van der Waals surface area contributed by atoms with Crippen molar-refractivity contribution >= 4 is 28.6 Å². The molecule has 0 spiro atoms. The largest absolute Gasteiger partial charge is 0.494 e. The number of nitrogens with one attached hydrogen (secondary N) is 1. The molecular formula is C14H18N2O2S. The average Bonchev–Trinajstić information content (AvgIpc) is 2.78. The molecule has 0 atom stereocenters. The number of carbonyl (C=O) groups is 1. The maximum absolute atomic E-state index is 11.6. The number of hydrogen-bond acceptors (Lipinski definition) is 4. The molecule has 1 aromatic heterocycles. The maximum Gasteiger partial charge on any atom is 0.166 e. The number of nitrogens with zero attached hydrogens (tertiary/aromatic N) is 1. The molecular weight excluding hydrogens is 260 g/mol. The molecule has 0 aliphatic rings. The Morgan fingerprint density at radius 2 is 2.26 bits per heavy atom. The first-order chi connectivity index (χ1) is 9.10. The Hall–Kier alpha value is -1.49. The molecule has 19 heavy (non-hydrogen) atoms. The van der Waals surface area contributed by atoms with Crippen LogP contribution >= 0.6 is 11.8 Å². The third-order valence-electron chi connectivity index (χ3n) is 2.74. The van der Waals surface area contributed by atoms with Gasteiger partial charge < -0.3 is 9.72 Å². The maximum atomic E-state index is 11.6. The van der Waals surface area contributed by atoms with Gasteiger partial charge in [0.25, 0.3) is 0 Å². The van der Waals surface area contributed by atoms with Crippen LogP contribution in [0, 0.1) is 5.92 Å². The fourth-order valence-corrected chi connectivity index (χ4v) is 2.55. The lowest BCUT2D eigenvalue weighted by Crippen LogP contribution is -2.09. The molecule has 2 aromatic rings. The molecule has 1 heterocycles. The van der Waals surface area contributed by atoms with E-state index in [2.05, 4.69) is 9.97 Å². The molecule has 5 heteroatoms. The molecule has 1 aromatic carbocycles. The summed E-state index contributed by atoms with van der Waals surface area (Å²) in [7, 11) is 0. The van der Waals surface area contributed by atoms with Crippen LogP contribution < -0.4 is 4.74 Å². The molecule has 102 valence electrons. The van der Waals surface area contributed by atoms with Gasteiger partial charge in [-0.15, -0.1) is 0 Å². The number of Topliss-reactive ketones (excluding diaryl/α,β-unsaturated/α-hetero) is 1. The summed E-state index contributed by atoms with van der Waals surface area (Å²) in [5.41, 5.74) is 1.83. The van der Waals surface area contributed by atoms with Gasteiger partial charge in [-0.3, -0.25) is 4.79 Å². The average molecular weight is 278 g/mol. The van der Waals surface area contributed by atoms with Crippen LogP contribution in [0.25, 0.3) is 11.0 Å². The molecule has 4 nitrogen and oxygen atoms in total. The van der Waals surface area contributed by atoms with Crippen molar-refractivity contribution in [1.29, 1.82) is 0 Å². The van der Waals surface area contributed by atoms with Crippen molar-refractivity contribution in [3.8, 4) is 5.75 Å². The van der Waals surface area contributed by atoms with Crippen LogP contribution in [-0.4, -0.2) is 28.1 Å². The van der Waals surface area contributed by atoms with Crippen molar-refractivity contribution in [2.45, 2.75) is 25.9 Å². The monoisotopic (exact) mass is 278 g/mol. The van der Waals surface area contributed by atoms with E-state index in [1.165, 1.54) is 11.8 Å². The topological polar surface area (TPSA) is 55.0 Å². The molecule has 0 unspecified atom stereocenters. The van der Waals surface area contributed by atoms with Crippen molar-refractivity contribution in [1.82, 2.24) is 9.97 Å². The first-order valence-electron chi connectivity index (χ1n) is 6.38. The van der Waals surface area contributed by atoms with Gasteiger partial charge in [0.05, 0.1) is 23.4 Å². The Labute approximate surface area is 116 Å². The highest BCUT2D eigenvalue weighted by atomic mass is 32.2. The Bertz CT molecular complexity index is 578. The van der Waals surface area contributed by atoms with Gasteiger partial charge in [0.1, 0.15) is 11.5 Å². The Morgan fingerprint density at radius 3 is 2.95 bits per heavy atom. The van der Waals surface area contributed by atoms with Crippen molar-refractivity contribution in [3.05, 3.63) is 18.2 Å². The molecule has 0 saturated heterocycles. The van der Waals surface area contributed by atoms with Crippen LogP contribution in [0.3, 0.4) is 0 Å². The van der Waals surface area contributed by atoms with E-state index in [0.717, 1.165) is 21.9 Å².